The number of hydrogen-bond acceptors (Lipinski definition) is 7. The molecule has 194 valence electrons. The van der Waals surface area contributed by atoms with Crippen molar-refractivity contribution in [1.82, 2.24) is 10.6 Å². The Morgan fingerprint density at radius 2 is 2.08 bits per heavy atom. The summed E-state index contributed by atoms with van der Waals surface area (Å²) in [4.78, 5) is 19.1. The second-order valence-corrected chi connectivity index (χ2v) is 10.4. The van der Waals surface area contributed by atoms with Crippen LogP contribution in [0.25, 0.3) is 0 Å². The highest BCUT2D eigenvalue weighted by Crippen LogP contribution is 2.52. The lowest BCUT2D eigenvalue weighted by Gasteiger charge is -2.29. The van der Waals surface area contributed by atoms with Gasteiger partial charge in [-0.15, -0.1) is 20.2 Å². The van der Waals surface area contributed by atoms with Crippen molar-refractivity contribution < 1.29 is 33.0 Å². The summed E-state index contributed by atoms with van der Waals surface area (Å²) in [7, 11) is 5.15. The van der Waals surface area contributed by atoms with Crippen LogP contribution in [0.2, 0.25) is 5.02 Å². The van der Waals surface area contributed by atoms with Gasteiger partial charge in [0.05, 0.1) is 27.2 Å². The molecule has 1 aromatic carbocycles. The minimum absolute atomic E-state index is 0.0663. The Balaban J connectivity index is 1.67. The first kappa shape index (κ1) is 26.7. The maximum atomic E-state index is 14.4. The Labute approximate surface area is 216 Å². The number of rotatable bonds is 8. The second kappa shape index (κ2) is 10.2. The number of nitrogens with zero attached hydrogens (tertiary/aromatic N) is 1. The number of oxime groups is 1. The van der Waals surface area contributed by atoms with Crippen LogP contribution in [0.1, 0.15) is 50.5 Å². The summed E-state index contributed by atoms with van der Waals surface area (Å²) in [5, 5.41) is 28.9. The molecule has 1 unspecified atom stereocenters. The number of hydrogen-bond donors (Lipinski definition) is 4. The zero-order valence-corrected chi connectivity index (χ0v) is 21.7. The lowest BCUT2D eigenvalue weighted by atomic mass is 9.87. The summed E-state index contributed by atoms with van der Waals surface area (Å²) in [5.74, 6) is -0.117. The van der Waals surface area contributed by atoms with Crippen molar-refractivity contribution >= 4 is 49.2 Å². The third kappa shape index (κ3) is 4.69. The topological polar surface area (TPSA) is 103 Å². The molecule has 0 radical (unpaired) electrons. The highest BCUT2D eigenvalue weighted by molar-refractivity contribution is 7.18. The number of halogens is 4. The first-order valence-corrected chi connectivity index (χ1v) is 12.9. The molecular weight excluding hydrogens is 538 g/mol. The highest BCUT2D eigenvalue weighted by Gasteiger charge is 2.63. The van der Waals surface area contributed by atoms with Crippen LogP contribution >= 0.6 is 31.8 Å². The van der Waals surface area contributed by atoms with Gasteiger partial charge >= 0.3 is 6.18 Å². The molecule has 36 heavy (non-hydrogen) atoms. The van der Waals surface area contributed by atoms with E-state index in [1.807, 2.05) is 7.05 Å². The number of aromatic hydroxyl groups is 2. The fraction of sp³-hybridized carbons (Fsp3) is 0.435. The van der Waals surface area contributed by atoms with Crippen LogP contribution < -0.4 is 10.6 Å². The van der Waals surface area contributed by atoms with Crippen LogP contribution in [0.5, 0.6) is 11.5 Å². The molecule has 0 saturated carbocycles. The van der Waals surface area contributed by atoms with Gasteiger partial charge in [0, 0.05) is 5.56 Å². The fourth-order valence-corrected chi connectivity index (χ4v) is 6.21. The van der Waals surface area contributed by atoms with E-state index in [9.17, 15) is 28.2 Å². The van der Waals surface area contributed by atoms with E-state index in [1.54, 1.807) is 5.80 Å². The number of phenols is 2. The van der Waals surface area contributed by atoms with E-state index in [0.29, 0.717) is 35.6 Å². The number of benzene rings is 1. The quantitative estimate of drug-likeness (QED) is 0.280. The van der Waals surface area contributed by atoms with E-state index in [4.69, 9.17) is 16.4 Å². The van der Waals surface area contributed by atoms with Crippen molar-refractivity contribution in [1.29, 1.82) is 0 Å². The minimum Gasteiger partial charge on any atom is -0.504 e. The summed E-state index contributed by atoms with van der Waals surface area (Å²) in [6.07, 6.45) is -2.90. The molecule has 7 nitrogen and oxygen atoms in total. The van der Waals surface area contributed by atoms with E-state index in [1.165, 1.54) is 0 Å². The number of alkyl halides is 3. The Morgan fingerprint density at radius 3 is 2.72 bits per heavy atom. The number of nitrogens with one attached hydrogen (secondary N) is 2. The number of fused-ring (bicyclic) bond motifs is 1. The van der Waals surface area contributed by atoms with Crippen molar-refractivity contribution in [3.05, 3.63) is 43.6 Å². The molecule has 2 aliphatic rings. The largest absolute Gasteiger partial charge is 0.504 e. The lowest BCUT2D eigenvalue weighted by molar-refractivity contribution is -0.275. The summed E-state index contributed by atoms with van der Waals surface area (Å²) >= 11 is 6.95. The number of phenolic OH excluding ortho intramolecular Hbond substituents is 2. The molecule has 0 saturated heterocycles. The van der Waals surface area contributed by atoms with Crippen LogP contribution in [0.4, 0.5) is 13.2 Å². The zero-order valence-electron chi connectivity index (χ0n) is 19.1. The van der Waals surface area contributed by atoms with Crippen LogP contribution in [0.3, 0.4) is 0 Å². The minimum atomic E-state index is -4.92. The van der Waals surface area contributed by atoms with Crippen LogP contribution in [-0.2, 0) is 23.3 Å². The van der Waals surface area contributed by atoms with Gasteiger partial charge in [-0.3, -0.25) is 4.79 Å². The standard InChI is InChI=1S/C23H24ClF3N3O4PS/c1-28-6-5-12(10-35)29-21(33)20-14-4-2-3-13(14)19(36-20)16-9-22(34-30-16,23(25,26)27)11-7-15(24)18(32)17(31)8-11/h7-8,10,12,28,31-32,35H,2-6,9H2,1H3,(H,29,33)/t12-,22?/m1/s1. The molecule has 4 N–H and O–H groups in total. The Kier molecular flexibility index (Phi) is 7.57. The van der Waals surface area contributed by atoms with E-state index in [0.717, 1.165) is 41.0 Å². The van der Waals surface area contributed by atoms with E-state index >= 15 is 0 Å². The Bertz CT molecular complexity index is 1210. The Morgan fingerprint density at radius 1 is 1.36 bits per heavy atom. The monoisotopic (exact) mass is 561 g/mol. The van der Waals surface area contributed by atoms with Gasteiger partial charge < -0.3 is 25.7 Å². The molecule has 0 fully saturated rings. The first-order valence-electron chi connectivity index (χ1n) is 11.2. The third-order valence-electron chi connectivity index (χ3n) is 6.36. The molecule has 1 amide bonds. The van der Waals surface area contributed by atoms with Crippen molar-refractivity contribution in [2.24, 2.45) is 5.16 Å². The van der Waals surface area contributed by atoms with Gasteiger partial charge in [0.2, 0.25) is 0 Å². The predicted octanol–water partition coefficient (Wildman–Crippen LogP) is 4.54. The van der Waals surface area contributed by atoms with Gasteiger partial charge in [0.15, 0.2) is 11.5 Å². The molecular formula is C23H24ClF3N3O4PS. The SMILES string of the molecule is CNCC[C@H](C=P)NC(=O)c1sc(C2=NOC(c3cc(O)c(O)c(Cl)c3)(C(F)(F)F)C2)c2c1CCC2. The highest BCUT2D eigenvalue weighted by atomic mass is 35.5. The molecule has 0 bridgehead atoms. The van der Waals surface area contributed by atoms with Gasteiger partial charge in [-0.1, -0.05) is 16.8 Å². The number of carbonyl (C=O) groups excluding carboxylic acids is 1. The van der Waals surface area contributed by atoms with Crippen LogP contribution in [0, 0.1) is 0 Å². The first-order chi connectivity index (χ1) is 17.0. The number of amides is 1. The fourth-order valence-electron chi connectivity index (χ4n) is 4.46. The molecule has 1 aliphatic carbocycles. The second-order valence-electron chi connectivity index (χ2n) is 8.67. The molecule has 2 aromatic rings. The van der Waals surface area contributed by atoms with Gasteiger partial charge in [0.25, 0.3) is 11.5 Å². The van der Waals surface area contributed by atoms with Gasteiger partial charge in [-0.25, -0.2) is 0 Å². The van der Waals surface area contributed by atoms with Gasteiger partial charge in [0.1, 0.15) is 5.71 Å². The molecule has 4 rings (SSSR count). The van der Waals surface area contributed by atoms with Crippen LogP contribution in [-0.4, -0.2) is 53.4 Å². The van der Waals surface area contributed by atoms with Crippen LogP contribution in [0.15, 0.2) is 17.3 Å². The predicted molar refractivity (Wildman–Crippen MR) is 135 cm³/mol. The van der Waals surface area contributed by atoms with E-state index in [2.05, 4.69) is 24.7 Å². The average Bonchev–Trinajstić information content (AvgIpc) is 3.55. The smallest absolute Gasteiger partial charge is 0.435 e. The molecule has 2 atom stereocenters. The third-order valence-corrected chi connectivity index (χ3v) is 8.37. The van der Waals surface area contributed by atoms with Crippen molar-refractivity contribution in [2.75, 3.05) is 13.6 Å². The molecule has 13 heteroatoms. The van der Waals surface area contributed by atoms with Gasteiger partial charge in [-0.2, -0.15) is 13.2 Å². The number of thiophene rings is 1. The van der Waals surface area contributed by atoms with Crippen molar-refractivity contribution in [2.45, 2.75) is 49.9 Å². The zero-order chi connectivity index (χ0) is 26.3. The Hall–Kier alpha value is -2.33. The average molecular weight is 562 g/mol. The summed E-state index contributed by atoms with van der Waals surface area (Å²) in [6.45, 7) is 0.685. The maximum absolute atomic E-state index is 14.4. The molecule has 2 heterocycles. The summed E-state index contributed by atoms with van der Waals surface area (Å²) in [5.41, 5.74) is -1.69. The number of carbonyl (C=O) groups is 1. The normalized spacial score (nSPS) is 20.0. The summed E-state index contributed by atoms with van der Waals surface area (Å²) < 4.78 is 43.2. The van der Waals surface area contributed by atoms with Gasteiger partial charge in [-0.05, 0) is 68.3 Å². The molecule has 0 spiro atoms. The van der Waals surface area contributed by atoms with Crippen molar-refractivity contribution in [3.8, 4) is 11.5 Å². The van der Waals surface area contributed by atoms with E-state index < -0.39 is 40.3 Å². The van der Waals surface area contributed by atoms with E-state index in [-0.39, 0.29) is 17.7 Å². The molecule has 1 aliphatic heterocycles. The van der Waals surface area contributed by atoms with Crippen molar-refractivity contribution in [3.63, 3.8) is 0 Å². The maximum Gasteiger partial charge on any atom is 0.435 e. The molecule has 1 aromatic heterocycles. The summed E-state index contributed by atoms with van der Waals surface area (Å²) in [6, 6.07) is 1.44. The lowest BCUT2D eigenvalue weighted by Crippen LogP contribution is -2.42.